The zero-order valence-corrected chi connectivity index (χ0v) is 20.7. The largest absolute Gasteiger partial charge is 0.507 e. The Morgan fingerprint density at radius 3 is 2.33 bits per heavy atom. The molecule has 1 amide bonds. The molecule has 6 heteroatoms. The van der Waals surface area contributed by atoms with Crippen molar-refractivity contribution in [1.82, 2.24) is 4.90 Å². The number of ketones is 1. The number of hydrogen-bond acceptors (Lipinski definition) is 4. The lowest BCUT2D eigenvalue weighted by atomic mass is 9.84. The summed E-state index contributed by atoms with van der Waals surface area (Å²) in [7, 11) is 0. The predicted octanol–water partition coefficient (Wildman–Crippen LogP) is 6.26. The van der Waals surface area contributed by atoms with E-state index >= 15 is 0 Å². The molecule has 5 nitrogen and oxygen atoms in total. The molecule has 1 atom stereocenters. The summed E-state index contributed by atoms with van der Waals surface area (Å²) in [5.74, 6) is -0.707. The van der Waals surface area contributed by atoms with E-state index in [2.05, 4.69) is 20.8 Å². The summed E-state index contributed by atoms with van der Waals surface area (Å²) in [6.07, 6.45) is 1.64. The SMILES string of the molecule is CCCCN1C(=O)C(=O)/C(=C(\O)c2ccc(OCC)c(C(C)(C)C)c2)C1c1ccc(Cl)cc1. The smallest absolute Gasteiger partial charge is 0.295 e. The van der Waals surface area contributed by atoms with E-state index in [1.54, 1.807) is 35.2 Å². The highest BCUT2D eigenvalue weighted by molar-refractivity contribution is 6.46. The van der Waals surface area contributed by atoms with Crippen LogP contribution in [-0.4, -0.2) is 34.8 Å². The number of aliphatic hydroxyl groups is 1. The fraction of sp³-hybridized carbons (Fsp3) is 0.407. The van der Waals surface area contributed by atoms with Gasteiger partial charge in [-0.25, -0.2) is 0 Å². The van der Waals surface area contributed by atoms with Crippen LogP contribution in [0.1, 0.15) is 70.2 Å². The standard InChI is InChI=1S/C27H32ClNO4/c1-6-8-15-29-23(17-9-12-19(28)13-10-17)22(25(31)26(29)32)24(30)18-11-14-21(33-7-2)20(16-18)27(3,4)5/h9-14,16,23,30H,6-8,15H2,1-5H3/b24-22-. The molecule has 3 rings (SSSR count). The number of carbonyl (C=O) groups excluding carboxylic acids is 2. The van der Waals surface area contributed by atoms with Gasteiger partial charge in [0, 0.05) is 22.7 Å². The number of rotatable bonds is 7. The normalized spacial score (nSPS) is 18.1. The van der Waals surface area contributed by atoms with E-state index in [0.29, 0.717) is 23.7 Å². The maximum absolute atomic E-state index is 13.1. The molecule has 1 heterocycles. The first kappa shape index (κ1) is 24.8. The molecule has 0 aliphatic carbocycles. The van der Waals surface area contributed by atoms with Crippen molar-refractivity contribution in [2.45, 2.75) is 58.9 Å². The lowest BCUT2D eigenvalue weighted by molar-refractivity contribution is -0.139. The highest BCUT2D eigenvalue weighted by Gasteiger charge is 2.45. The van der Waals surface area contributed by atoms with Gasteiger partial charge in [0.05, 0.1) is 18.2 Å². The second-order valence-electron chi connectivity index (χ2n) is 9.29. The first-order valence-corrected chi connectivity index (χ1v) is 11.8. The molecule has 1 unspecified atom stereocenters. The number of Topliss-reactive ketones (excluding diaryl/α,β-unsaturated/α-hetero) is 1. The van der Waals surface area contributed by atoms with Crippen LogP contribution in [-0.2, 0) is 15.0 Å². The van der Waals surface area contributed by atoms with Crippen LogP contribution in [0.25, 0.3) is 5.76 Å². The van der Waals surface area contributed by atoms with Gasteiger partial charge in [0.25, 0.3) is 11.7 Å². The summed E-state index contributed by atoms with van der Waals surface area (Å²) in [4.78, 5) is 27.6. The molecule has 1 aliphatic heterocycles. The van der Waals surface area contributed by atoms with Crippen LogP contribution < -0.4 is 4.74 Å². The van der Waals surface area contributed by atoms with Gasteiger partial charge in [-0.05, 0) is 54.7 Å². The Morgan fingerprint density at radius 2 is 1.76 bits per heavy atom. The summed E-state index contributed by atoms with van der Waals surface area (Å²) in [6.45, 7) is 11.1. The van der Waals surface area contributed by atoms with Gasteiger partial charge in [0.2, 0.25) is 0 Å². The molecule has 0 bridgehead atoms. The molecule has 1 saturated heterocycles. The molecular weight excluding hydrogens is 438 g/mol. The summed E-state index contributed by atoms with van der Waals surface area (Å²) in [5.41, 5.74) is 1.98. The van der Waals surface area contributed by atoms with Gasteiger partial charge >= 0.3 is 0 Å². The van der Waals surface area contributed by atoms with Crippen LogP contribution in [0.15, 0.2) is 48.0 Å². The number of unbranched alkanes of at least 4 members (excludes halogenated alkanes) is 1. The van der Waals surface area contributed by atoms with E-state index in [-0.39, 0.29) is 16.7 Å². The predicted molar refractivity (Wildman–Crippen MR) is 132 cm³/mol. The summed E-state index contributed by atoms with van der Waals surface area (Å²) < 4.78 is 5.79. The quantitative estimate of drug-likeness (QED) is 0.295. The third-order valence-electron chi connectivity index (χ3n) is 5.84. The highest BCUT2D eigenvalue weighted by Crippen LogP contribution is 2.41. The van der Waals surface area contributed by atoms with Crippen LogP contribution in [0.5, 0.6) is 5.75 Å². The van der Waals surface area contributed by atoms with E-state index in [1.165, 1.54) is 0 Å². The van der Waals surface area contributed by atoms with E-state index in [0.717, 1.165) is 29.7 Å². The Balaban J connectivity index is 2.19. The Hall–Kier alpha value is -2.79. The molecule has 2 aromatic carbocycles. The Kier molecular flexibility index (Phi) is 7.53. The monoisotopic (exact) mass is 469 g/mol. The molecule has 0 aromatic heterocycles. The fourth-order valence-corrected chi connectivity index (χ4v) is 4.26. The number of likely N-dealkylation sites (tertiary alicyclic amines) is 1. The van der Waals surface area contributed by atoms with Crippen LogP contribution >= 0.6 is 11.6 Å². The van der Waals surface area contributed by atoms with Crippen LogP contribution in [0, 0.1) is 0 Å². The number of ether oxygens (including phenoxy) is 1. The number of amides is 1. The van der Waals surface area contributed by atoms with Gasteiger partial charge in [-0.2, -0.15) is 0 Å². The zero-order valence-electron chi connectivity index (χ0n) is 19.9. The van der Waals surface area contributed by atoms with Crippen LogP contribution in [0.4, 0.5) is 0 Å². The number of nitrogens with zero attached hydrogens (tertiary/aromatic N) is 1. The minimum atomic E-state index is -0.672. The van der Waals surface area contributed by atoms with Gasteiger partial charge in [0.15, 0.2) is 0 Å². The Bertz CT molecular complexity index is 1070. The Morgan fingerprint density at radius 1 is 1.09 bits per heavy atom. The molecule has 0 radical (unpaired) electrons. The third-order valence-corrected chi connectivity index (χ3v) is 6.09. The van der Waals surface area contributed by atoms with Gasteiger partial charge in [-0.15, -0.1) is 0 Å². The molecule has 1 N–H and O–H groups in total. The van der Waals surface area contributed by atoms with Crippen molar-refractivity contribution in [3.05, 3.63) is 69.8 Å². The Labute approximate surface area is 201 Å². The van der Waals surface area contributed by atoms with E-state index in [4.69, 9.17) is 16.3 Å². The molecule has 1 aliphatic rings. The van der Waals surface area contributed by atoms with Crippen LogP contribution in [0.2, 0.25) is 5.02 Å². The van der Waals surface area contributed by atoms with E-state index < -0.39 is 17.7 Å². The molecule has 2 aromatic rings. The van der Waals surface area contributed by atoms with Gasteiger partial charge < -0.3 is 14.7 Å². The maximum Gasteiger partial charge on any atom is 0.295 e. The minimum Gasteiger partial charge on any atom is -0.507 e. The summed E-state index contributed by atoms with van der Waals surface area (Å²) in [5, 5.41) is 11.9. The number of benzene rings is 2. The molecular formula is C27H32ClNO4. The van der Waals surface area contributed by atoms with E-state index in [9.17, 15) is 14.7 Å². The van der Waals surface area contributed by atoms with Crippen molar-refractivity contribution in [3.63, 3.8) is 0 Å². The molecule has 33 heavy (non-hydrogen) atoms. The lowest BCUT2D eigenvalue weighted by Crippen LogP contribution is -2.30. The average Bonchev–Trinajstić information content (AvgIpc) is 3.02. The van der Waals surface area contributed by atoms with Gasteiger partial charge in [-0.1, -0.05) is 57.8 Å². The second kappa shape index (κ2) is 10.0. The third kappa shape index (κ3) is 5.09. The minimum absolute atomic E-state index is 0.0995. The topological polar surface area (TPSA) is 66.8 Å². The number of halogens is 1. The summed E-state index contributed by atoms with van der Waals surface area (Å²) >= 11 is 6.07. The van der Waals surface area contributed by atoms with Crippen molar-refractivity contribution >= 4 is 29.1 Å². The van der Waals surface area contributed by atoms with Crippen molar-refractivity contribution < 1.29 is 19.4 Å². The molecule has 176 valence electrons. The van der Waals surface area contributed by atoms with Crippen molar-refractivity contribution in [2.75, 3.05) is 13.2 Å². The van der Waals surface area contributed by atoms with Gasteiger partial charge in [-0.3, -0.25) is 9.59 Å². The average molecular weight is 470 g/mol. The molecule has 1 fully saturated rings. The van der Waals surface area contributed by atoms with Crippen molar-refractivity contribution in [1.29, 1.82) is 0 Å². The fourth-order valence-electron chi connectivity index (χ4n) is 4.13. The van der Waals surface area contributed by atoms with Gasteiger partial charge in [0.1, 0.15) is 11.5 Å². The first-order valence-electron chi connectivity index (χ1n) is 11.4. The molecule has 0 saturated carbocycles. The highest BCUT2D eigenvalue weighted by atomic mass is 35.5. The number of aliphatic hydroxyl groups excluding tert-OH is 1. The number of carbonyl (C=O) groups is 2. The van der Waals surface area contributed by atoms with Crippen molar-refractivity contribution in [2.24, 2.45) is 0 Å². The number of hydrogen-bond donors (Lipinski definition) is 1. The first-order chi connectivity index (χ1) is 15.6. The summed E-state index contributed by atoms with van der Waals surface area (Å²) in [6, 6.07) is 11.8. The second-order valence-corrected chi connectivity index (χ2v) is 9.73. The lowest BCUT2D eigenvalue weighted by Gasteiger charge is -2.26. The van der Waals surface area contributed by atoms with Crippen molar-refractivity contribution in [3.8, 4) is 5.75 Å². The zero-order chi connectivity index (χ0) is 24.3. The maximum atomic E-state index is 13.1. The molecule has 0 spiro atoms. The van der Waals surface area contributed by atoms with Crippen LogP contribution in [0.3, 0.4) is 0 Å². The van der Waals surface area contributed by atoms with E-state index in [1.807, 2.05) is 26.0 Å².